The molecule has 0 bridgehead atoms. The van der Waals surface area contributed by atoms with Crippen LogP contribution >= 0.6 is 0 Å². The van der Waals surface area contributed by atoms with Crippen LogP contribution in [0.5, 0.6) is 0 Å². The molecule has 0 aromatic carbocycles. The minimum Gasteiger partial charge on any atom is -0.466 e. The SMILES string of the molecule is O=C(CC1(CC(=O)OC2=C/C=C\C=C/C=C\C=C/C=C\2)CCCCC1)OCc1ccco1. The summed E-state index contributed by atoms with van der Waals surface area (Å²) in [4.78, 5) is 25.4. The Bertz CT molecular complexity index is 919. The second-order valence-electron chi connectivity index (χ2n) is 8.10. The summed E-state index contributed by atoms with van der Waals surface area (Å²) in [5.41, 5.74) is -0.422. The molecule has 1 aromatic heterocycles. The second-order valence-corrected chi connectivity index (χ2v) is 8.10. The minimum absolute atomic E-state index is 0.105. The van der Waals surface area contributed by atoms with Gasteiger partial charge in [0.25, 0.3) is 0 Å². The minimum atomic E-state index is -0.422. The van der Waals surface area contributed by atoms with Crippen molar-refractivity contribution in [2.75, 3.05) is 0 Å². The van der Waals surface area contributed by atoms with Gasteiger partial charge >= 0.3 is 11.9 Å². The fourth-order valence-electron chi connectivity index (χ4n) is 3.97. The summed E-state index contributed by atoms with van der Waals surface area (Å²) in [5, 5.41) is 0. The fraction of sp³-hybridized carbons (Fsp3) is 0.333. The molecule has 2 aliphatic carbocycles. The lowest BCUT2D eigenvalue weighted by Gasteiger charge is -2.35. The zero-order valence-corrected chi connectivity index (χ0v) is 18.3. The van der Waals surface area contributed by atoms with E-state index in [1.807, 2.05) is 54.7 Å². The first-order chi connectivity index (χ1) is 15.7. The van der Waals surface area contributed by atoms with Crippen LogP contribution in [0.3, 0.4) is 0 Å². The summed E-state index contributed by atoms with van der Waals surface area (Å²) in [7, 11) is 0. The van der Waals surface area contributed by atoms with E-state index in [4.69, 9.17) is 13.9 Å². The van der Waals surface area contributed by atoms with Gasteiger partial charge in [-0.3, -0.25) is 9.59 Å². The van der Waals surface area contributed by atoms with Crippen molar-refractivity contribution in [3.8, 4) is 0 Å². The maximum absolute atomic E-state index is 12.9. The van der Waals surface area contributed by atoms with Gasteiger partial charge in [-0.05, 0) is 42.5 Å². The molecule has 0 radical (unpaired) electrons. The van der Waals surface area contributed by atoms with Gasteiger partial charge in [0, 0.05) is 0 Å². The molecule has 5 nitrogen and oxygen atoms in total. The number of rotatable bonds is 7. The summed E-state index contributed by atoms with van der Waals surface area (Å²) < 4.78 is 16.3. The Morgan fingerprint density at radius 2 is 1.50 bits per heavy atom. The molecule has 0 amide bonds. The molecule has 0 unspecified atom stereocenters. The second kappa shape index (κ2) is 12.5. The van der Waals surface area contributed by atoms with Crippen LogP contribution in [0.4, 0.5) is 0 Å². The van der Waals surface area contributed by atoms with Crippen LogP contribution in [0.1, 0.15) is 50.7 Å². The average Bonchev–Trinajstić information content (AvgIpc) is 3.28. The first-order valence-electron chi connectivity index (χ1n) is 11.1. The molecular weight excluding hydrogens is 404 g/mol. The number of esters is 2. The van der Waals surface area contributed by atoms with Crippen LogP contribution < -0.4 is 0 Å². The Hall–Kier alpha value is -3.34. The predicted molar refractivity (Wildman–Crippen MR) is 123 cm³/mol. The van der Waals surface area contributed by atoms with Crippen molar-refractivity contribution in [2.24, 2.45) is 5.41 Å². The molecule has 1 aromatic rings. The average molecular weight is 435 g/mol. The van der Waals surface area contributed by atoms with E-state index in [-0.39, 0.29) is 31.4 Å². The van der Waals surface area contributed by atoms with Crippen molar-refractivity contribution >= 4 is 11.9 Å². The Balaban J connectivity index is 1.62. The fourth-order valence-corrected chi connectivity index (χ4v) is 3.97. The molecule has 168 valence electrons. The van der Waals surface area contributed by atoms with Crippen molar-refractivity contribution in [3.05, 3.63) is 96.8 Å². The summed E-state index contributed by atoms with van der Waals surface area (Å²) >= 11 is 0. The Morgan fingerprint density at radius 3 is 2.19 bits per heavy atom. The molecule has 5 heteroatoms. The highest BCUT2D eigenvalue weighted by atomic mass is 16.5. The normalized spacial score (nSPS) is 24.4. The molecule has 1 fully saturated rings. The van der Waals surface area contributed by atoms with Crippen LogP contribution in [-0.4, -0.2) is 11.9 Å². The third-order valence-electron chi connectivity index (χ3n) is 5.55. The molecule has 3 rings (SSSR count). The van der Waals surface area contributed by atoms with Crippen molar-refractivity contribution in [1.82, 2.24) is 0 Å². The molecular formula is C27H30O5. The number of hydrogen-bond acceptors (Lipinski definition) is 5. The quantitative estimate of drug-likeness (QED) is 0.473. The Kier molecular flexibility index (Phi) is 9.11. The van der Waals surface area contributed by atoms with Crippen LogP contribution in [0.15, 0.2) is 95.4 Å². The molecule has 2 aliphatic rings. The summed E-state index contributed by atoms with van der Waals surface area (Å²) in [5.74, 6) is 0.417. The lowest BCUT2D eigenvalue weighted by Crippen LogP contribution is -2.31. The third kappa shape index (κ3) is 8.06. The molecule has 1 heterocycles. The van der Waals surface area contributed by atoms with Crippen molar-refractivity contribution < 1.29 is 23.5 Å². The summed E-state index contributed by atoms with van der Waals surface area (Å²) in [6.07, 6.45) is 27.1. The summed E-state index contributed by atoms with van der Waals surface area (Å²) in [6.45, 7) is 0.105. The van der Waals surface area contributed by atoms with E-state index in [9.17, 15) is 9.59 Å². The smallest absolute Gasteiger partial charge is 0.311 e. The van der Waals surface area contributed by atoms with Crippen molar-refractivity contribution in [3.63, 3.8) is 0 Å². The molecule has 32 heavy (non-hydrogen) atoms. The number of allylic oxidation sites excluding steroid dienone is 11. The van der Waals surface area contributed by atoms with Gasteiger partial charge in [-0.2, -0.15) is 0 Å². The van der Waals surface area contributed by atoms with Gasteiger partial charge in [-0.15, -0.1) is 0 Å². The van der Waals surface area contributed by atoms with E-state index < -0.39 is 5.41 Å². The van der Waals surface area contributed by atoms with Gasteiger partial charge < -0.3 is 13.9 Å². The van der Waals surface area contributed by atoms with E-state index >= 15 is 0 Å². The van der Waals surface area contributed by atoms with E-state index in [1.165, 1.54) is 0 Å². The molecule has 1 saturated carbocycles. The lowest BCUT2D eigenvalue weighted by molar-refractivity contribution is -0.151. The lowest BCUT2D eigenvalue weighted by atomic mass is 9.69. The number of furan rings is 1. The van der Waals surface area contributed by atoms with Crippen LogP contribution in [0.25, 0.3) is 0 Å². The highest BCUT2D eigenvalue weighted by Crippen LogP contribution is 2.43. The molecule has 0 spiro atoms. The van der Waals surface area contributed by atoms with Gasteiger partial charge in [-0.25, -0.2) is 0 Å². The Labute approximate surface area is 189 Å². The monoisotopic (exact) mass is 434 g/mol. The van der Waals surface area contributed by atoms with Gasteiger partial charge in [0.2, 0.25) is 0 Å². The van der Waals surface area contributed by atoms with Crippen molar-refractivity contribution in [1.29, 1.82) is 0 Å². The number of ether oxygens (including phenoxy) is 2. The third-order valence-corrected chi connectivity index (χ3v) is 5.55. The van der Waals surface area contributed by atoms with Gasteiger partial charge in [0.15, 0.2) is 0 Å². The number of carbonyl (C=O) groups is 2. The highest BCUT2D eigenvalue weighted by Gasteiger charge is 2.37. The first-order valence-corrected chi connectivity index (χ1v) is 11.1. The largest absolute Gasteiger partial charge is 0.466 e. The standard InChI is InChI=1S/C27H30O5/c28-25(31-22-24-16-13-19-30-24)20-27(17-11-8-12-18-27)21-26(29)32-23-14-9-6-4-2-1-3-5-7-10-15-23/h1-7,9-10,13-16,19H,8,11-12,17-18,20-22H2/b2-1-,3-1?,4-2?,5-3-,6-4-,7-5?,9-6?,10-7-,14-9-,15-10?,23-14?,23-15+. The maximum atomic E-state index is 12.9. The summed E-state index contributed by atoms with van der Waals surface area (Å²) in [6, 6.07) is 3.52. The molecule has 0 N–H and O–H groups in total. The number of carbonyl (C=O) groups excluding carboxylic acids is 2. The van der Waals surface area contributed by atoms with Crippen molar-refractivity contribution in [2.45, 2.75) is 51.6 Å². The number of hydrogen-bond donors (Lipinski definition) is 0. The van der Waals surface area contributed by atoms with Crippen LogP contribution in [0.2, 0.25) is 0 Å². The molecule has 0 aliphatic heterocycles. The van der Waals surface area contributed by atoms with E-state index in [1.54, 1.807) is 30.5 Å². The zero-order valence-electron chi connectivity index (χ0n) is 18.3. The highest BCUT2D eigenvalue weighted by molar-refractivity contribution is 5.75. The molecule has 0 atom stereocenters. The topological polar surface area (TPSA) is 65.7 Å². The first kappa shape index (κ1) is 23.3. The van der Waals surface area contributed by atoms with Gasteiger partial charge in [-0.1, -0.05) is 73.9 Å². The predicted octanol–water partition coefficient (Wildman–Crippen LogP) is 6.28. The van der Waals surface area contributed by atoms with E-state index in [0.717, 1.165) is 32.1 Å². The van der Waals surface area contributed by atoms with Gasteiger partial charge in [0.1, 0.15) is 18.1 Å². The zero-order chi connectivity index (χ0) is 22.5. The van der Waals surface area contributed by atoms with Crippen LogP contribution in [-0.2, 0) is 25.7 Å². The van der Waals surface area contributed by atoms with E-state index in [2.05, 4.69) is 0 Å². The van der Waals surface area contributed by atoms with Crippen LogP contribution in [0, 0.1) is 5.41 Å². The Morgan fingerprint density at radius 1 is 0.844 bits per heavy atom. The van der Waals surface area contributed by atoms with E-state index in [0.29, 0.717) is 11.5 Å². The molecule has 0 saturated heterocycles. The maximum Gasteiger partial charge on any atom is 0.311 e. The van der Waals surface area contributed by atoms with Gasteiger partial charge in [0.05, 0.1) is 19.1 Å².